The van der Waals surface area contributed by atoms with Crippen LogP contribution < -0.4 is 5.56 Å². The number of rotatable bonds is 6. The van der Waals surface area contributed by atoms with Gasteiger partial charge in [0.05, 0.1) is 11.1 Å². The van der Waals surface area contributed by atoms with E-state index in [0.29, 0.717) is 22.2 Å². The summed E-state index contributed by atoms with van der Waals surface area (Å²) in [6.07, 6.45) is 2.99. The third-order valence-electron chi connectivity index (χ3n) is 3.25. The van der Waals surface area contributed by atoms with E-state index in [1.807, 2.05) is 11.4 Å². The van der Waals surface area contributed by atoms with Crippen molar-refractivity contribution < 1.29 is 4.52 Å². The van der Waals surface area contributed by atoms with E-state index >= 15 is 0 Å². The molecule has 0 bridgehead atoms. The third-order valence-corrected chi connectivity index (χ3v) is 5.07. The van der Waals surface area contributed by atoms with E-state index < -0.39 is 0 Å². The van der Waals surface area contributed by atoms with E-state index in [1.165, 1.54) is 23.1 Å². The number of aryl methyl sites for hydroxylation is 1. The van der Waals surface area contributed by atoms with Crippen LogP contribution in [0.4, 0.5) is 0 Å². The molecule has 0 N–H and O–H groups in total. The Morgan fingerprint density at radius 3 is 3.09 bits per heavy atom. The monoisotopic (exact) mass is 336 g/mol. The minimum atomic E-state index is -0.0251. The van der Waals surface area contributed by atoms with E-state index in [9.17, 15) is 4.79 Å². The molecule has 0 spiro atoms. The molecular formula is C14H16N4O2S2. The molecule has 116 valence electrons. The summed E-state index contributed by atoms with van der Waals surface area (Å²) < 4.78 is 6.80. The Balaban J connectivity index is 1.75. The van der Waals surface area contributed by atoms with Gasteiger partial charge in [-0.05, 0) is 17.9 Å². The molecule has 22 heavy (non-hydrogen) atoms. The first kappa shape index (κ1) is 15.2. The first-order valence-corrected chi connectivity index (χ1v) is 8.94. The third kappa shape index (κ3) is 3.07. The van der Waals surface area contributed by atoms with Crippen LogP contribution in [0.3, 0.4) is 0 Å². The Morgan fingerprint density at radius 2 is 2.27 bits per heavy atom. The summed E-state index contributed by atoms with van der Waals surface area (Å²) in [5.41, 5.74) is -0.0251. The minimum Gasteiger partial charge on any atom is -0.338 e. The fourth-order valence-corrected chi connectivity index (χ4v) is 3.64. The van der Waals surface area contributed by atoms with Crippen molar-refractivity contribution >= 4 is 33.3 Å². The van der Waals surface area contributed by atoms with Gasteiger partial charge in [-0.2, -0.15) is 4.98 Å². The Hall–Kier alpha value is -1.67. The largest absolute Gasteiger partial charge is 0.338 e. The summed E-state index contributed by atoms with van der Waals surface area (Å²) in [6.45, 7) is 2.13. The predicted molar refractivity (Wildman–Crippen MR) is 87.3 cm³/mol. The van der Waals surface area contributed by atoms with Crippen molar-refractivity contribution in [2.24, 2.45) is 7.05 Å². The quantitative estimate of drug-likeness (QED) is 0.509. The smallest absolute Gasteiger partial charge is 0.262 e. The average molecular weight is 336 g/mol. The van der Waals surface area contributed by atoms with Crippen LogP contribution in [-0.4, -0.2) is 19.7 Å². The number of fused-ring (bicyclic) bond motifs is 1. The first-order valence-electron chi connectivity index (χ1n) is 7.07. The molecule has 0 atom stereocenters. The maximum absolute atomic E-state index is 12.2. The van der Waals surface area contributed by atoms with Gasteiger partial charge in [-0.25, -0.2) is 4.98 Å². The van der Waals surface area contributed by atoms with E-state index in [2.05, 4.69) is 22.0 Å². The number of aromatic nitrogens is 4. The zero-order valence-electron chi connectivity index (χ0n) is 12.4. The second kappa shape index (κ2) is 6.62. The zero-order valence-corrected chi connectivity index (χ0v) is 14.0. The predicted octanol–water partition coefficient (Wildman–Crippen LogP) is 3.01. The minimum absolute atomic E-state index is 0.0251. The Morgan fingerprint density at radius 1 is 1.41 bits per heavy atom. The highest BCUT2D eigenvalue weighted by atomic mass is 32.2. The molecule has 0 radical (unpaired) electrons. The van der Waals surface area contributed by atoms with Crippen LogP contribution in [-0.2, 0) is 19.2 Å². The highest BCUT2D eigenvalue weighted by Gasteiger charge is 2.12. The summed E-state index contributed by atoms with van der Waals surface area (Å²) in [7, 11) is 1.73. The van der Waals surface area contributed by atoms with E-state index in [0.717, 1.165) is 29.9 Å². The molecule has 0 aliphatic rings. The van der Waals surface area contributed by atoms with Crippen molar-refractivity contribution in [2.45, 2.75) is 37.1 Å². The number of unbranched alkanes of at least 4 members (excludes halogenated alkanes) is 1. The fraction of sp³-hybridized carbons (Fsp3) is 0.429. The van der Waals surface area contributed by atoms with Crippen LogP contribution >= 0.6 is 23.1 Å². The molecule has 3 aromatic rings. The van der Waals surface area contributed by atoms with Crippen molar-refractivity contribution in [1.29, 1.82) is 0 Å². The lowest BCUT2D eigenvalue weighted by molar-refractivity contribution is 0.384. The molecule has 0 fully saturated rings. The number of hydrogen-bond acceptors (Lipinski definition) is 7. The number of hydrogen-bond donors (Lipinski definition) is 0. The Bertz CT molecular complexity index is 837. The van der Waals surface area contributed by atoms with Crippen molar-refractivity contribution in [2.75, 3.05) is 0 Å². The lowest BCUT2D eigenvalue weighted by Gasteiger charge is -2.05. The lowest BCUT2D eigenvalue weighted by Crippen LogP contribution is -2.19. The van der Waals surface area contributed by atoms with Gasteiger partial charge in [-0.3, -0.25) is 9.36 Å². The van der Waals surface area contributed by atoms with Crippen LogP contribution in [0.25, 0.3) is 10.2 Å². The Labute approximate surface area is 135 Å². The summed E-state index contributed by atoms with van der Waals surface area (Å²) in [4.78, 5) is 21.9. The fourth-order valence-electron chi connectivity index (χ4n) is 2.02. The standard InChI is InChI=1S/C14H16N4O2S2/c1-3-4-5-10-15-11(20-17-10)8-22-14-16-12-9(6-7-21-12)13(19)18(14)2/h6-7H,3-5,8H2,1-2H3. The second-order valence-corrected chi connectivity index (χ2v) is 6.73. The van der Waals surface area contributed by atoms with Gasteiger partial charge in [0.1, 0.15) is 4.83 Å². The molecule has 3 aromatic heterocycles. The maximum atomic E-state index is 12.2. The van der Waals surface area contributed by atoms with Crippen molar-refractivity contribution in [3.05, 3.63) is 33.5 Å². The summed E-state index contributed by atoms with van der Waals surface area (Å²) >= 11 is 2.90. The van der Waals surface area contributed by atoms with Crippen LogP contribution in [0.2, 0.25) is 0 Å². The molecule has 0 aromatic carbocycles. The van der Waals surface area contributed by atoms with Crippen molar-refractivity contribution in [3.63, 3.8) is 0 Å². The van der Waals surface area contributed by atoms with Crippen LogP contribution in [0.1, 0.15) is 31.5 Å². The van der Waals surface area contributed by atoms with Crippen LogP contribution in [0, 0.1) is 0 Å². The Kier molecular flexibility index (Phi) is 4.58. The van der Waals surface area contributed by atoms with Gasteiger partial charge in [0.25, 0.3) is 5.56 Å². The van der Waals surface area contributed by atoms with Crippen LogP contribution in [0.5, 0.6) is 0 Å². The van der Waals surface area contributed by atoms with Crippen molar-refractivity contribution in [3.8, 4) is 0 Å². The highest BCUT2D eigenvalue weighted by Crippen LogP contribution is 2.23. The van der Waals surface area contributed by atoms with E-state index in [-0.39, 0.29) is 5.56 Å². The highest BCUT2D eigenvalue weighted by molar-refractivity contribution is 7.98. The molecule has 8 heteroatoms. The molecule has 0 saturated heterocycles. The van der Waals surface area contributed by atoms with E-state index in [4.69, 9.17) is 4.52 Å². The van der Waals surface area contributed by atoms with Gasteiger partial charge in [0.15, 0.2) is 11.0 Å². The molecule has 3 rings (SSSR count). The molecule has 0 unspecified atom stereocenters. The number of nitrogens with zero attached hydrogens (tertiary/aromatic N) is 4. The van der Waals surface area contributed by atoms with Crippen molar-refractivity contribution in [1.82, 2.24) is 19.7 Å². The normalized spacial score (nSPS) is 11.4. The second-order valence-electron chi connectivity index (χ2n) is 4.89. The molecule has 0 aliphatic carbocycles. The van der Waals surface area contributed by atoms with Gasteiger partial charge < -0.3 is 4.52 Å². The molecule has 0 amide bonds. The maximum Gasteiger partial charge on any atom is 0.262 e. The molecular weight excluding hydrogens is 320 g/mol. The molecule has 6 nitrogen and oxygen atoms in total. The molecule has 0 aliphatic heterocycles. The zero-order chi connectivity index (χ0) is 15.5. The molecule has 3 heterocycles. The van der Waals surface area contributed by atoms with Gasteiger partial charge >= 0.3 is 0 Å². The SMILES string of the molecule is CCCCc1noc(CSc2nc3sccc3c(=O)n2C)n1. The van der Waals surface area contributed by atoms with E-state index in [1.54, 1.807) is 11.6 Å². The van der Waals surface area contributed by atoms with Gasteiger partial charge in [-0.15, -0.1) is 11.3 Å². The van der Waals surface area contributed by atoms with Gasteiger partial charge in [0, 0.05) is 13.5 Å². The first-order chi connectivity index (χ1) is 10.7. The summed E-state index contributed by atoms with van der Waals surface area (Å²) in [6, 6.07) is 1.81. The number of thiophene rings is 1. The number of thioether (sulfide) groups is 1. The molecule has 0 saturated carbocycles. The average Bonchev–Trinajstić information content (AvgIpc) is 3.16. The van der Waals surface area contributed by atoms with Gasteiger partial charge in [0.2, 0.25) is 5.89 Å². The summed E-state index contributed by atoms with van der Waals surface area (Å²) in [5.74, 6) is 1.82. The summed E-state index contributed by atoms with van der Waals surface area (Å²) in [5, 5.41) is 7.17. The topological polar surface area (TPSA) is 73.8 Å². The van der Waals surface area contributed by atoms with Crippen LogP contribution in [0.15, 0.2) is 25.9 Å². The lowest BCUT2D eigenvalue weighted by atomic mass is 10.2. The van der Waals surface area contributed by atoms with Gasteiger partial charge in [-0.1, -0.05) is 30.3 Å².